The van der Waals surface area contributed by atoms with Gasteiger partial charge in [0, 0.05) is 30.1 Å². The molecule has 0 bridgehead atoms. The molecule has 0 aliphatic rings. The predicted molar refractivity (Wildman–Crippen MR) is 83.8 cm³/mol. The van der Waals surface area contributed by atoms with E-state index in [-0.39, 0.29) is 12.4 Å². The van der Waals surface area contributed by atoms with E-state index < -0.39 is 11.7 Å². The first kappa shape index (κ1) is 19.9. The number of carbonyl (C=O) groups is 2. The van der Waals surface area contributed by atoms with Gasteiger partial charge >= 0.3 is 0 Å². The zero-order chi connectivity index (χ0) is 17.0. The van der Waals surface area contributed by atoms with Crippen LogP contribution in [0.1, 0.15) is 20.3 Å². The number of amides is 2. The first-order valence-electron chi connectivity index (χ1n) is 6.40. The summed E-state index contributed by atoms with van der Waals surface area (Å²) in [6.45, 7) is 3.14. The average molecular weight is 332 g/mol. The Labute approximate surface area is 133 Å². The van der Waals surface area contributed by atoms with Crippen LogP contribution in [-0.4, -0.2) is 32.2 Å². The fraction of sp³-hybridized carbons (Fsp3) is 0.357. The molecular formula is C14H19ClFN3O3. The van der Waals surface area contributed by atoms with Crippen LogP contribution < -0.4 is 10.6 Å². The highest BCUT2D eigenvalue weighted by Crippen LogP contribution is 2.06. The Balaban J connectivity index is 4.75. The molecule has 8 heteroatoms. The van der Waals surface area contributed by atoms with E-state index in [4.69, 9.17) is 16.3 Å². The number of allylic oxidation sites excluding steroid dienone is 5. The van der Waals surface area contributed by atoms with Crippen molar-refractivity contribution in [3.05, 3.63) is 34.6 Å². The molecule has 0 spiro atoms. The third-order valence-electron chi connectivity index (χ3n) is 2.38. The second-order valence-electron chi connectivity index (χ2n) is 3.98. The van der Waals surface area contributed by atoms with Gasteiger partial charge in [-0.05, 0) is 13.3 Å². The van der Waals surface area contributed by atoms with Gasteiger partial charge in [0.15, 0.2) is 6.61 Å². The molecule has 0 saturated carbocycles. The Morgan fingerprint density at radius 3 is 2.64 bits per heavy atom. The van der Waals surface area contributed by atoms with Crippen molar-refractivity contribution in [2.75, 3.05) is 13.7 Å². The molecule has 0 aromatic heterocycles. The molecule has 2 N–H and O–H groups in total. The number of rotatable bonds is 9. The van der Waals surface area contributed by atoms with Crippen LogP contribution in [0.2, 0.25) is 0 Å². The summed E-state index contributed by atoms with van der Waals surface area (Å²) in [4.78, 5) is 25.9. The molecule has 0 heterocycles. The molecule has 0 aromatic carbocycles. The van der Waals surface area contributed by atoms with Crippen molar-refractivity contribution >= 4 is 30.1 Å². The summed E-state index contributed by atoms with van der Waals surface area (Å²) in [5, 5.41) is 5.06. The molecule has 0 atom stereocenters. The summed E-state index contributed by atoms with van der Waals surface area (Å²) in [5.41, 5.74) is 1.83. The Hall–Kier alpha value is -2.15. The van der Waals surface area contributed by atoms with Gasteiger partial charge in [-0.2, -0.15) is 0 Å². The number of nitrogens with zero attached hydrogens (tertiary/aromatic N) is 1. The summed E-state index contributed by atoms with van der Waals surface area (Å²) in [7, 11) is 1.48. The van der Waals surface area contributed by atoms with E-state index in [0.29, 0.717) is 24.2 Å². The van der Waals surface area contributed by atoms with Crippen LogP contribution in [-0.2, 0) is 14.3 Å². The molecule has 2 amide bonds. The van der Waals surface area contributed by atoms with E-state index in [0.717, 1.165) is 11.6 Å². The Morgan fingerprint density at radius 2 is 2.14 bits per heavy atom. The van der Waals surface area contributed by atoms with Crippen LogP contribution >= 0.6 is 11.6 Å². The van der Waals surface area contributed by atoms with Crippen LogP contribution in [0, 0.1) is 0 Å². The minimum atomic E-state index is -0.725. The summed E-state index contributed by atoms with van der Waals surface area (Å²) < 4.78 is 18.2. The van der Waals surface area contributed by atoms with Gasteiger partial charge in [-0.1, -0.05) is 18.5 Å². The minimum Gasteiger partial charge on any atom is -0.482 e. The number of hydrogen-bond acceptors (Lipinski definition) is 4. The SMILES string of the molecule is CC/C(NC(=O)CO/C(C=NC)=C/C(F)=C/Cl)=C(/C)NC=O. The first-order chi connectivity index (χ1) is 10.5. The largest absolute Gasteiger partial charge is 0.482 e. The highest BCUT2D eigenvalue weighted by Gasteiger charge is 2.08. The van der Waals surface area contributed by atoms with E-state index in [1.165, 1.54) is 13.3 Å². The second kappa shape index (κ2) is 11.5. The number of halogens is 2. The lowest BCUT2D eigenvalue weighted by Gasteiger charge is -2.12. The Bertz CT molecular complexity index is 513. The van der Waals surface area contributed by atoms with Gasteiger partial charge in [0.2, 0.25) is 6.41 Å². The second-order valence-corrected chi connectivity index (χ2v) is 4.20. The van der Waals surface area contributed by atoms with Gasteiger partial charge in [-0.25, -0.2) is 4.39 Å². The van der Waals surface area contributed by atoms with Gasteiger partial charge in [0.1, 0.15) is 11.6 Å². The monoisotopic (exact) mass is 331 g/mol. The number of carbonyl (C=O) groups excluding carboxylic acids is 2. The fourth-order valence-corrected chi connectivity index (χ4v) is 1.45. The van der Waals surface area contributed by atoms with Crippen molar-refractivity contribution in [1.29, 1.82) is 0 Å². The van der Waals surface area contributed by atoms with Crippen molar-refractivity contribution in [1.82, 2.24) is 10.6 Å². The van der Waals surface area contributed by atoms with E-state index in [1.807, 2.05) is 6.92 Å². The van der Waals surface area contributed by atoms with Gasteiger partial charge in [0.25, 0.3) is 5.91 Å². The molecule has 0 fully saturated rings. The lowest BCUT2D eigenvalue weighted by Crippen LogP contribution is -2.29. The maximum Gasteiger partial charge on any atom is 0.262 e. The number of aliphatic imine (C=N–C) groups is 1. The topological polar surface area (TPSA) is 79.8 Å². The molecule has 122 valence electrons. The van der Waals surface area contributed by atoms with Crippen LogP contribution in [0.5, 0.6) is 0 Å². The minimum absolute atomic E-state index is 0.0526. The van der Waals surface area contributed by atoms with Gasteiger partial charge < -0.3 is 15.4 Å². The molecule has 0 unspecified atom stereocenters. The van der Waals surface area contributed by atoms with Crippen molar-refractivity contribution in [3.8, 4) is 0 Å². The summed E-state index contributed by atoms with van der Waals surface area (Å²) in [6, 6.07) is 0. The van der Waals surface area contributed by atoms with E-state index in [1.54, 1.807) is 6.92 Å². The van der Waals surface area contributed by atoms with Crippen molar-refractivity contribution in [2.45, 2.75) is 20.3 Å². The average Bonchev–Trinajstić information content (AvgIpc) is 2.50. The van der Waals surface area contributed by atoms with E-state index in [2.05, 4.69) is 15.6 Å². The maximum atomic E-state index is 13.0. The fourth-order valence-electron chi connectivity index (χ4n) is 1.39. The third-order valence-corrected chi connectivity index (χ3v) is 2.59. The van der Waals surface area contributed by atoms with E-state index in [9.17, 15) is 14.0 Å². The Kier molecular flexibility index (Phi) is 10.4. The number of hydrogen-bond donors (Lipinski definition) is 2. The molecule has 0 radical (unpaired) electrons. The summed E-state index contributed by atoms with van der Waals surface area (Å²) in [5.74, 6) is -1.12. The van der Waals surface area contributed by atoms with Gasteiger partial charge in [0.05, 0.1) is 6.21 Å². The number of nitrogens with one attached hydrogen (secondary N) is 2. The van der Waals surface area contributed by atoms with Crippen LogP contribution in [0.4, 0.5) is 4.39 Å². The highest BCUT2D eigenvalue weighted by atomic mass is 35.5. The lowest BCUT2D eigenvalue weighted by atomic mass is 10.2. The highest BCUT2D eigenvalue weighted by molar-refractivity contribution is 6.25. The first-order valence-corrected chi connectivity index (χ1v) is 6.84. The maximum absolute atomic E-state index is 13.0. The smallest absolute Gasteiger partial charge is 0.262 e. The van der Waals surface area contributed by atoms with E-state index >= 15 is 0 Å². The normalized spacial score (nSPS) is 13.7. The number of ether oxygens (including phenoxy) is 1. The molecule has 0 aliphatic heterocycles. The molecule has 22 heavy (non-hydrogen) atoms. The molecule has 0 saturated heterocycles. The zero-order valence-electron chi connectivity index (χ0n) is 12.7. The van der Waals surface area contributed by atoms with Crippen molar-refractivity contribution in [2.24, 2.45) is 4.99 Å². The molecule has 6 nitrogen and oxygen atoms in total. The molecule has 0 aliphatic carbocycles. The zero-order valence-corrected chi connectivity index (χ0v) is 13.4. The summed E-state index contributed by atoms with van der Waals surface area (Å²) >= 11 is 5.21. The van der Waals surface area contributed by atoms with Crippen molar-refractivity contribution < 1.29 is 18.7 Å². The van der Waals surface area contributed by atoms with Crippen LogP contribution in [0.25, 0.3) is 0 Å². The third kappa shape index (κ3) is 8.21. The van der Waals surface area contributed by atoms with Crippen molar-refractivity contribution in [3.63, 3.8) is 0 Å². The quantitative estimate of drug-likeness (QED) is 0.294. The van der Waals surface area contributed by atoms with Crippen LogP contribution in [0.3, 0.4) is 0 Å². The van der Waals surface area contributed by atoms with Gasteiger partial charge in [-0.15, -0.1) is 0 Å². The predicted octanol–water partition coefficient (Wildman–Crippen LogP) is 2.14. The molecule has 0 aromatic rings. The summed E-state index contributed by atoms with van der Waals surface area (Å²) in [6.07, 6.45) is 3.29. The van der Waals surface area contributed by atoms with Crippen LogP contribution in [0.15, 0.2) is 39.6 Å². The molecular weight excluding hydrogens is 313 g/mol. The lowest BCUT2D eigenvalue weighted by molar-refractivity contribution is -0.123. The Morgan fingerprint density at radius 1 is 1.45 bits per heavy atom. The van der Waals surface area contributed by atoms with Gasteiger partial charge in [-0.3, -0.25) is 14.6 Å². The molecule has 0 rings (SSSR count). The standard InChI is InChI=1S/C14H19ClFN3O3/c1-4-13(10(2)18-9-20)19-14(21)8-22-12(7-17-3)5-11(16)6-15/h5-7,9H,4,8H2,1-3H3,(H,18,20)(H,19,21)/b11-6-,12-5+,13-10+,17-7?.